The number of hydrogen-bond donors (Lipinski definition) is 1. The number of nitrogen functional groups attached to an aromatic ring is 1. The number of methoxy groups -OCH3 is 1. The van der Waals surface area contributed by atoms with Crippen molar-refractivity contribution in [3.8, 4) is 0 Å². The summed E-state index contributed by atoms with van der Waals surface area (Å²) in [6.45, 7) is 4.05. The molecule has 0 aliphatic carbocycles. The minimum absolute atomic E-state index is 0. The average molecular weight is 257 g/mol. The third-order valence-electron chi connectivity index (χ3n) is 3.26. The van der Waals surface area contributed by atoms with Gasteiger partial charge in [0.15, 0.2) is 0 Å². The molecule has 2 N–H and O–H groups in total. The molecule has 0 radical (unpaired) electrons. The smallest absolute Gasteiger partial charge is 0.0663 e. The average Bonchev–Trinajstić information content (AvgIpc) is 2.29. The zero-order chi connectivity index (χ0) is 11.5. The van der Waals surface area contributed by atoms with Crippen LogP contribution in [0.1, 0.15) is 18.9 Å². The van der Waals surface area contributed by atoms with Crippen LogP contribution in [0.5, 0.6) is 0 Å². The number of nitrogens with zero attached hydrogens (tertiary/aromatic N) is 1. The van der Waals surface area contributed by atoms with Crippen LogP contribution in [0.25, 0.3) is 0 Å². The van der Waals surface area contributed by atoms with E-state index in [2.05, 4.69) is 17.9 Å². The molecule has 1 aliphatic rings. The first-order chi connectivity index (χ1) is 7.74. The highest BCUT2D eigenvalue weighted by Gasteiger charge is 2.22. The zero-order valence-electron chi connectivity index (χ0n) is 10.5. The standard InChI is InChI=1S/C13H20N2O.ClH/c1-10(9-16-2)15-8-4-5-11-12(14)6-3-7-13(11)15;/h3,6-7,10H,4-5,8-9,14H2,1-2H3;1H. The van der Waals surface area contributed by atoms with Crippen LogP contribution in [-0.4, -0.2) is 26.3 Å². The Labute approximate surface area is 109 Å². The van der Waals surface area contributed by atoms with E-state index in [0.717, 1.165) is 25.3 Å². The molecule has 1 atom stereocenters. The Morgan fingerprint density at radius 2 is 2.24 bits per heavy atom. The van der Waals surface area contributed by atoms with Crippen molar-refractivity contribution in [2.45, 2.75) is 25.8 Å². The van der Waals surface area contributed by atoms with Crippen molar-refractivity contribution in [1.29, 1.82) is 0 Å². The Bertz CT molecular complexity index is 370. The van der Waals surface area contributed by atoms with Gasteiger partial charge in [-0.15, -0.1) is 12.4 Å². The van der Waals surface area contributed by atoms with Gasteiger partial charge < -0.3 is 15.4 Å². The maximum atomic E-state index is 6.02. The molecule has 0 amide bonds. The van der Waals surface area contributed by atoms with E-state index in [4.69, 9.17) is 10.5 Å². The Morgan fingerprint density at radius 1 is 1.47 bits per heavy atom. The summed E-state index contributed by atoms with van der Waals surface area (Å²) in [7, 11) is 1.75. The van der Waals surface area contributed by atoms with Gasteiger partial charge in [-0.05, 0) is 37.5 Å². The van der Waals surface area contributed by atoms with Gasteiger partial charge in [-0.3, -0.25) is 0 Å². The van der Waals surface area contributed by atoms with Crippen molar-refractivity contribution in [1.82, 2.24) is 0 Å². The van der Waals surface area contributed by atoms with Crippen molar-refractivity contribution >= 4 is 23.8 Å². The highest BCUT2D eigenvalue weighted by Crippen LogP contribution is 2.32. The Kier molecular flexibility index (Phi) is 5.09. The molecule has 4 heteroatoms. The SMILES string of the molecule is COCC(C)N1CCCc2c(N)cccc21.Cl. The van der Waals surface area contributed by atoms with Crippen LogP contribution in [0.4, 0.5) is 11.4 Å². The van der Waals surface area contributed by atoms with Crippen LogP contribution < -0.4 is 10.6 Å². The van der Waals surface area contributed by atoms with Crippen LogP contribution in [0, 0.1) is 0 Å². The van der Waals surface area contributed by atoms with Crippen LogP contribution in [0.2, 0.25) is 0 Å². The first-order valence-corrected chi connectivity index (χ1v) is 5.87. The second-order valence-corrected chi connectivity index (χ2v) is 4.45. The van der Waals surface area contributed by atoms with E-state index in [1.807, 2.05) is 12.1 Å². The molecule has 0 spiro atoms. The zero-order valence-corrected chi connectivity index (χ0v) is 11.3. The predicted molar refractivity (Wildman–Crippen MR) is 75.1 cm³/mol. The van der Waals surface area contributed by atoms with Crippen LogP contribution in [0.15, 0.2) is 18.2 Å². The number of benzene rings is 1. The van der Waals surface area contributed by atoms with E-state index < -0.39 is 0 Å². The van der Waals surface area contributed by atoms with Crippen molar-refractivity contribution in [3.05, 3.63) is 23.8 Å². The number of halogens is 1. The molecule has 1 aromatic rings. The second-order valence-electron chi connectivity index (χ2n) is 4.45. The molecule has 1 aliphatic heterocycles. The fourth-order valence-corrected chi connectivity index (χ4v) is 2.47. The quantitative estimate of drug-likeness (QED) is 0.845. The summed E-state index contributed by atoms with van der Waals surface area (Å²) < 4.78 is 5.23. The minimum Gasteiger partial charge on any atom is -0.398 e. The van der Waals surface area contributed by atoms with Crippen LogP contribution in [0.3, 0.4) is 0 Å². The van der Waals surface area contributed by atoms with Gasteiger partial charge in [0, 0.05) is 31.1 Å². The molecule has 0 bridgehead atoms. The van der Waals surface area contributed by atoms with E-state index in [9.17, 15) is 0 Å². The van der Waals surface area contributed by atoms with Gasteiger partial charge in [0.05, 0.1) is 6.61 Å². The summed E-state index contributed by atoms with van der Waals surface area (Å²) in [6.07, 6.45) is 2.27. The molecule has 0 saturated heterocycles. The molecule has 17 heavy (non-hydrogen) atoms. The van der Waals surface area contributed by atoms with Gasteiger partial charge in [0.25, 0.3) is 0 Å². The topological polar surface area (TPSA) is 38.5 Å². The summed E-state index contributed by atoms with van der Waals surface area (Å²) in [5, 5.41) is 0. The van der Waals surface area contributed by atoms with Gasteiger partial charge in [-0.1, -0.05) is 6.07 Å². The summed E-state index contributed by atoms with van der Waals surface area (Å²) in [5.74, 6) is 0. The molecule has 2 rings (SSSR count). The first-order valence-electron chi connectivity index (χ1n) is 5.87. The largest absolute Gasteiger partial charge is 0.398 e. The molecular weight excluding hydrogens is 236 g/mol. The lowest BCUT2D eigenvalue weighted by molar-refractivity contribution is 0.181. The molecule has 0 saturated carbocycles. The maximum absolute atomic E-state index is 6.02. The van der Waals surface area contributed by atoms with E-state index in [1.54, 1.807) is 7.11 Å². The monoisotopic (exact) mass is 256 g/mol. The van der Waals surface area contributed by atoms with Crippen molar-refractivity contribution in [3.63, 3.8) is 0 Å². The minimum atomic E-state index is 0. The molecule has 96 valence electrons. The van der Waals surface area contributed by atoms with Crippen molar-refractivity contribution in [2.24, 2.45) is 0 Å². The maximum Gasteiger partial charge on any atom is 0.0663 e. The van der Waals surface area contributed by atoms with E-state index in [1.165, 1.54) is 17.7 Å². The fourth-order valence-electron chi connectivity index (χ4n) is 2.47. The third-order valence-corrected chi connectivity index (χ3v) is 3.26. The number of nitrogens with two attached hydrogens (primary N) is 1. The highest BCUT2D eigenvalue weighted by molar-refractivity contribution is 5.85. The Morgan fingerprint density at radius 3 is 2.94 bits per heavy atom. The normalized spacial score (nSPS) is 16.0. The fraction of sp³-hybridized carbons (Fsp3) is 0.538. The predicted octanol–water partition coefficient (Wildman–Crippen LogP) is 2.48. The van der Waals surface area contributed by atoms with Crippen LogP contribution in [-0.2, 0) is 11.2 Å². The van der Waals surface area contributed by atoms with Gasteiger partial charge in [-0.25, -0.2) is 0 Å². The summed E-state index contributed by atoms with van der Waals surface area (Å²) in [4.78, 5) is 2.40. The molecule has 1 aromatic carbocycles. The van der Waals surface area contributed by atoms with E-state index in [-0.39, 0.29) is 12.4 Å². The summed E-state index contributed by atoms with van der Waals surface area (Å²) in [6, 6.07) is 6.60. The van der Waals surface area contributed by atoms with E-state index in [0.29, 0.717) is 6.04 Å². The van der Waals surface area contributed by atoms with Gasteiger partial charge in [-0.2, -0.15) is 0 Å². The molecule has 1 heterocycles. The molecule has 0 aromatic heterocycles. The van der Waals surface area contributed by atoms with Gasteiger partial charge in [0.2, 0.25) is 0 Å². The van der Waals surface area contributed by atoms with E-state index >= 15 is 0 Å². The van der Waals surface area contributed by atoms with Gasteiger partial charge >= 0.3 is 0 Å². The number of rotatable bonds is 3. The van der Waals surface area contributed by atoms with Crippen molar-refractivity contribution in [2.75, 3.05) is 30.9 Å². The number of ether oxygens (including phenoxy) is 1. The number of fused-ring (bicyclic) bond motifs is 1. The van der Waals surface area contributed by atoms with Gasteiger partial charge in [0.1, 0.15) is 0 Å². The van der Waals surface area contributed by atoms with Crippen molar-refractivity contribution < 1.29 is 4.74 Å². The molecular formula is C13H21ClN2O. The highest BCUT2D eigenvalue weighted by atomic mass is 35.5. The lowest BCUT2D eigenvalue weighted by Crippen LogP contribution is -2.40. The second kappa shape index (κ2) is 6.12. The Hall–Kier alpha value is -0.930. The lowest BCUT2D eigenvalue weighted by atomic mass is 9.98. The summed E-state index contributed by atoms with van der Waals surface area (Å²) in [5.41, 5.74) is 9.53. The molecule has 0 fully saturated rings. The number of anilines is 2. The lowest BCUT2D eigenvalue weighted by Gasteiger charge is -2.36. The molecule has 3 nitrogen and oxygen atoms in total. The third kappa shape index (κ3) is 2.85. The van der Waals surface area contributed by atoms with Crippen LogP contribution >= 0.6 is 12.4 Å². The number of hydrogen-bond acceptors (Lipinski definition) is 3. The Balaban J connectivity index is 0.00000144. The molecule has 1 unspecified atom stereocenters. The summed E-state index contributed by atoms with van der Waals surface area (Å²) >= 11 is 0. The first kappa shape index (κ1) is 14.1.